The van der Waals surface area contributed by atoms with Crippen LogP contribution in [0.2, 0.25) is 0 Å². The van der Waals surface area contributed by atoms with Crippen molar-refractivity contribution in [3.8, 4) is 0 Å². The molecule has 1 aromatic carbocycles. The minimum atomic E-state index is -0.386. The Bertz CT molecular complexity index is 522. The zero-order chi connectivity index (χ0) is 14.1. The SMILES string of the molecule is O=C(Nc1cc(F)ccc1Br)NC1CCOC1C1CC1. The van der Waals surface area contributed by atoms with Crippen LogP contribution in [0.25, 0.3) is 0 Å². The molecule has 108 valence electrons. The standard InChI is InChI=1S/C14H16BrFN2O2/c15-10-4-3-9(16)7-12(10)18-14(19)17-11-5-6-20-13(11)8-1-2-8/h3-4,7-8,11,13H,1-2,5-6H2,(H2,17,18,19). The topological polar surface area (TPSA) is 50.4 Å². The Morgan fingerprint density at radius 3 is 2.90 bits per heavy atom. The summed E-state index contributed by atoms with van der Waals surface area (Å²) in [5.41, 5.74) is 0.421. The highest BCUT2D eigenvalue weighted by molar-refractivity contribution is 9.10. The van der Waals surface area contributed by atoms with E-state index in [9.17, 15) is 9.18 Å². The van der Waals surface area contributed by atoms with Gasteiger partial charge < -0.3 is 15.4 Å². The van der Waals surface area contributed by atoms with Gasteiger partial charge in [0.2, 0.25) is 0 Å². The number of ether oxygens (including phenoxy) is 1. The molecule has 0 radical (unpaired) electrons. The van der Waals surface area contributed by atoms with Gasteiger partial charge in [-0.15, -0.1) is 0 Å². The van der Waals surface area contributed by atoms with Crippen LogP contribution in [0.4, 0.5) is 14.9 Å². The molecule has 6 heteroatoms. The quantitative estimate of drug-likeness (QED) is 0.885. The van der Waals surface area contributed by atoms with Crippen molar-refractivity contribution in [3.63, 3.8) is 0 Å². The van der Waals surface area contributed by atoms with Crippen molar-refractivity contribution in [2.75, 3.05) is 11.9 Å². The van der Waals surface area contributed by atoms with Gasteiger partial charge >= 0.3 is 6.03 Å². The smallest absolute Gasteiger partial charge is 0.319 e. The van der Waals surface area contributed by atoms with Crippen LogP contribution in [0.1, 0.15) is 19.3 Å². The average molecular weight is 343 g/mol. The monoisotopic (exact) mass is 342 g/mol. The molecule has 0 spiro atoms. The van der Waals surface area contributed by atoms with Crippen molar-refractivity contribution in [2.24, 2.45) is 5.92 Å². The third-order valence-electron chi connectivity index (χ3n) is 3.72. The molecule has 1 saturated carbocycles. The van der Waals surface area contributed by atoms with Gasteiger partial charge in [-0.3, -0.25) is 0 Å². The molecule has 1 aromatic rings. The number of carbonyl (C=O) groups excluding carboxylic acids is 1. The van der Waals surface area contributed by atoms with Gasteiger partial charge in [-0.25, -0.2) is 9.18 Å². The Balaban J connectivity index is 1.60. The van der Waals surface area contributed by atoms with Crippen LogP contribution in [0, 0.1) is 11.7 Å². The third-order valence-corrected chi connectivity index (χ3v) is 4.41. The van der Waals surface area contributed by atoms with Gasteiger partial charge in [0.25, 0.3) is 0 Å². The van der Waals surface area contributed by atoms with Crippen LogP contribution in [0.15, 0.2) is 22.7 Å². The van der Waals surface area contributed by atoms with Crippen molar-refractivity contribution >= 4 is 27.6 Å². The van der Waals surface area contributed by atoms with Crippen molar-refractivity contribution in [2.45, 2.75) is 31.4 Å². The molecule has 2 atom stereocenters. The van der Waals surface area contributed by atoms with E-state index in [4.69, 9.17) is 4.74 Å². The molecule has 2 fully saturated rings. The first-order chi connectivity index (χ1) is 9.63. The Morgan fingerprint density at radius 1 is 1.35 bits per heavy atom. The molecule has 2 aliphatic rings. The maximum atomic E-state index is 13.2. The number of carbonyl (C=O) groups is 1. The van der Waals surface area contributed by atoms with E-state index < -0.39 is 0 Å². The number of halogens is 2. The molecular weight excluding hydrogens is 327 g/mol. The lowest BCUT2D eigenvalue weighted by Crippen LogP contribution is -2.43. The zero-order valence-electron chi connectivity index (χ0n) is 10.9. The molecule has 2 N–H and O–H groups in total. The molecule has 1 aliphatic carbocycles. The number of anilines is 1. The average Bonchev–Trinajstić information content (AvgIpc) is 3.15. The maximum Gasteiger partial charge on any atom is 0.319 e. The minimum Gasteiger partial charge on any atom is -0.376 e. The van der Waals surface area contributed by atoms with Crippen LogP contribution < -0.4 is 10.6 Å². The van der Waals surface area contributed by atoms with Gasteiger partial charge in [-0.1, -0.05) is 0 Å². The fourth-order valence-corrected chi connectivity index (χ4v) is 2.92. The van der Waals surface area contributed by atoms with Crippen molar-refractivity contribution < 1.29 is 13.9 Å². The second-order valence-electron chi connectivity index (χ2n) is 5.29. The van der Waals surface area contributed by atoms with Gasteiger partial charge in [0.15, 0.2) is 0 Å². The largest absolute Gasteiger partial charge is 0.376 e. The van der Waals surface area contributed by atoms with E-state index in [1.807, 2.05) is 0 Å². The molecule has 3 rings (SSSR count). The Morgan fingerprint density at radius 2 is 2.15 bits per heavy atom. The third kappa shape index (κ3) is 3.12. The second-order valence-corrected chi connectivity index (χ2v) is 6.14. The molecule has 1 aliphatic heterocycles. The maximum absolute atomic E-state index is 13.2. The van der Waals surface area contributed by atoms with Crippen molar-refractivity contribution in [3.05, 3.63) is 28.5 Å². The predicted molar refractivity (Wildman–Crippen MR) is 77.1 cm³/mol. The number of nitrogens with one attached hydrogen (secondary N) is 2. The highest BCUT2D eigenvalue weighted by Gasteiger charge is 2.41. The van der Waals surface area contributed by atoms with Crippen LogP contribution >= 0.6 is 15.9 Å². The molecular formula is C14H16BrFN2O2. The summed E-state index contributed by atoms with van der Waals surface area (Å²) in [6.07, 6.45) is 3.33. The van der Waals surface area contributed by atoms with Gasteiger partial charge in [0.05, 0.1) is 17.8 Å². The predicted octanol–water partition coefficient (Wildman–Crippen LogP) is 3.28. The summed E-state index contributed by atoms with van der Waals surface area (Å²) in [7, 11) is 0. The van der Waals surface area contributed by atoms with E-state index in [1.54, 1.807) is 6.07 Å². The fourth-order valence-electron chi connectivity index (χ4n) is 2.58. The van der Waals surface area contributed by atoms with Gasteiger partial charge in [0.1, 0.15) is 5.82 Å². The number of rotatable bonds is 3. The van der Waals surface area contributed by atoms with E-state index in [1.165, 1.54) is 25.0 Å². The van der Waals surface area contributed by atoms with Gasteiger partial charge in [-0.2, -0.15) is 0 Å². The summed E-state index contributed by atoms with van der Waals surface area (Å²) < 4.78 is 19.5. The molecule has 0 bridgehead atoms. The Hall–Kier alpha value is -1.14. The Kier molecular flexibility index (Phi) is 3.94. The fraction of sp³-hybridized carbons (Fsp3) is 0.500. The summed E-state index contributed by atoms with van der Waals surface area (Å²) in [4.78, 5) is 12.0. The highest BCUT2D eigenvalue weighted by atomic mass is 79.9. The molecule has 1 saturated heterocycles. The van der Waals surface area contributed by atoms with Crippen molar-refractivity contribution in [1.29, 1.82) is 0 Å². The van der Waals surface area contributed by atoms with Gasteiger partial charge in [-0.05, 0) is 59.3 Å². The summed E-state index contributed by atoms with van der Waals surface area (Å²) >= 11 is 3.28. The van der Waals surface area contributed by atoms with Crippen molar-refractivity contribution in [1.82, 2.24) is 5.32 Å². The van der Waals surface area contributed by atoms with Crippen LogP contribution in [0.3, 0.4) is 0 Å². The minimum absolute atomic E-state index is 0.0508. The van der Waals surface area contributed by atoms with E-state index in [0.717, 1.165) is 6.42 Å². The lowest BCUT2D eigenvalue weighted by Gasteiger charge is -2.20. The second kappa shape index (κ2) is 5.69. The highest BCUT2D eigenvalue weighted by Crippen LogP contribution is 2.38. The number of hydrogen-bond donors (Lipinski definition) is 2. The zero-order valence-corrected chi connectivity index (χ0v) is 12.5. The molecule has 2 unspecified atom stereocenters. The first-order valence-corrected chi connectivity index (χ1v) is 7.57. The van der Waals surface area contributed by atoms with E-state index in [0.29, 0.717) is 22.7 Å². The summed E-state index contributed by atoms with van der Waals surface area (Å²) in [5.74, 6) is 0.201. The van der Waals surface area contributed by atoms with Crippen LogP contribution in [-0.4, -0.2) is 24.8 Å². The van der Waals surface area contributed by atoms with Gasteiger partial charge in [0, 0.05) is 11.1 Å². The van der Waals surface area contributed by atoms with E-state index in [-0.39, 0.29) is 24.0 Å². The Labute approximate surface area is 125 Å². The molecule has 1 heterocycles. The molecule has 0 aromatic heterocycles. The summed E-state index contributed by atoms with van der Waals surface area (Å²) in [5, 5.41) is 5.59. The van der Waals surface area contributed by atoms with E-state index >= 15 is 0 Å². The molecule has 4 nitrogen and oxygen atoms in total. The molecule has 20 heavy (non-hydrogen) atoms. The van der Waals surface area contributed by atoms with Crippen LogP contribution in [0.5, 0.6) is 0 Å². The number of benzene rings is 1. The lowest BCUT2D eigenvalue weighted by atomic mass is 10.1. The summed E-state index contributed by atoms with van der Waals surface area (Å²) in [6.45, 7) is 0.690. The first-order valence-electron chi connectivity index (χ1n) is 6.77. The number of urea groups is 1. The van der Waals surface area contributed by atoms with E-state index in [2.05, 4.69) is 26.6 Å². The normalized spacial score (nSPS) is 25.5. The number of hydrogen-bond acceptors (Lipinski definition) is 2. The lowest BCUT2D eigenvalue weighted by molar-refractivity contribution is 0.0829. The van der Waals surface area contributed by atoms with Crippen LogP contribution in [-0.2, 0) is 4.74 Å². The first kappa shape index (κ1) is 13.8. The summed E-state index contributed by atoms with van der Waals surface area (Å²) in [6, 6.07) is 3.91. The molecule has 2 amide bonds. The number of amides is 2.